The standard InChI is InChI=1S/C20H23N3O2/c1-4-25-19-9-8-14(20(24)23(2)3)12-18(19)22-13-15-6-5-7-17-16(15)10-11-21-17/h5-12,21-22H,4,13H2,1-3H3. The number of H-pyrrole nitrogens is 1. The lowest BCUT2D eigenvalue weighted by atomic mass is 10.1. The van der Waals surface area contributed by atoms with E-state index in [4.69, 9.17) is 4.74 Å². The van der Waals surface area contributed by atoms with Crippen molar-refractivity contribution in [2.45, 2.75) is 13.5 Å². The summed E-state index contributed by atoms with van der Waals surface area (Å²) in [6, 6.07) is 13.8. The molecule has 0 spiro atoms. The second-order valence-corrected chi connectivity index (χ2v) is 6.05. The van der Waals surface area contributed by atoms with Gasteiger partial charge >= 0.3 is 0 Å². The summed E-state index contributed by atoms with van der Waals surface area (Å²) in [5.41, 5.74) is 3.75. The lowest BCUT2D eigenvalue weighted by Gasteiger charge is -2.16. The summed E-state index contributed by atoms with van der Waals surface area (Å²) >= 11 is 0. The van der Waals surface area contributed by atoms with Crippen LogP contribution >= 0.6 is 0 Å². The average molecular weight is 337 g/mol. The van der Waals surface area contributed by atoms with E-state index in [9.17, 15) is 4.79 Å². The molecule has 2 N–H and O–H groups in total. The topological polar surface area (TPSA) is 57.4 Å². The number of hydrogen-bond acceptors (Lipinski definition) is 3. The summed E-state index contributed by atoms with van der Waals surface area (Å²) in [6.07, 6.45) is 1.94. The number of ether oxygens (including phenoxy) is 1. The highest BCUT2D eigenvalue weighted by Gasteiger charge is 2.12. The molecule has 130 valence electrons. The largest absolute Gasteiger partial charge is 0.492 e. The van der Waals surface area contributed by atoms with Crippen LogP contribution in [0.25, 0.3) is 10.9 Å². The van der Waals surface area contributed by atoms with Gasteiger partial charge < -0.3 is 19.9 Å². The van der Waals surface area contributed by atoms with Gasteiger partial charge in [-0.15, -0.1) is 0 Å². The molecule has 1 amide bonds. The highest BCUT2D eigenvalue weighted by molar-refractivity contribution is 5.95. The van der Waals surface area contributed by atoms with Crippen molar-refractivity contribution in [1.82, 2.24) is 9.88 Å². The van der Waals surface area contributed by atoms with Gasteiger partial charge in [0.1, 0.15) is 5.75 Å². The van der Waals surface area contributed by atoms with Crippen molar-refractivity contribution in [3.63, 3.8) is 0 Å². The minimum absolute atomic E-state index is 0.0289. The lowest BCUT2D eigenvalue weighted by Crippen LogP contribution is -2.21. The lowest BCUT2D eigenvalue weighted by molar-refractivity contribution is 0.0827. The first-order valence-electron chi connectivity index (χ1n) is 8.37. The summed E-state index contributed by atoms with van der Waals surface area (Å²) in [4.78, 5) is 17.0. The van der Waals surface area contributed by atoms with Gasteiger partial charge in [-0.3, -0.25) is 4.79 Å². The molecule has 0 saturated heterocycles. The predicted octanol–water partition coefficient (Wildman–Crippen LogP) is 3.88. The predicted molar refractivity (Wildman–Crippen MR) is 101 cm³/mol. The molecule has 0 fully saturated rings. The zero-order valence-electron chi connectivity index (χ0n) is 14.8. The summed E-state index contributed by atoms with van der Waals surface area (Å²) in [5, 5.41) is 4.61. The Kier molecular flexibility index (Phi) is 4.93. The molecule has 0 radical (unpaired) electrons. The van der Waals surface area contributed by atoms with Crippen molar-refractivity contribution in [3.05, 3.63) is 59.8 Å². The minimum Gasteiger partial charge on any atom is -0.492 e. The third-order valence-electron chi connectivity index (χ3n) is 4.09. The third kappa shape index (κ3) is 3.60. The first-order valence-corrected chi connectivity index (χ1v) is 8.37. The monoisotopic (exact) mass is 337 g/mol. The zero-order chi connectivity index (χ0) is 17.8. The second kappa shape index (κ2) is 7.30. The van der Waals surface area contributed by atoms with Crippen LogP contribution in [0.1, 0.15) is 22.8 Å². The van der Waals surface area contributed by atoms with Gasteiger partial charge in [-0.25, -0.2) is 0 Å². The molecule has 0 aliphatic carbocycles. The van der Waals surface area contributed by atoms with Gasteiger partial charge in [-0.05, 0) is 42.8 Å². The molecule has 0 aliphatic rings. The number of anilines is 1. The van der Waals surface area contributed by atoms with E-state index in [-0.39, 0.29) is 5.91 Å². The van der Waals surface area contributed by atoms with Crippen LogP contribution in [-0.2, 0) is 6.54 Å². The van der Waals surface area contributed by atoms with E-state index in [1.807, 2.05) is 31.3 Å². The first kappa shape index (κ1) is 16.9. The number of hydrogen-bond donors (Lipinski definition) is 2. The van der Waals surface area contributed by atoms with Crippen molar-refractivity contribution in [2.24, 2.45) is 0 Å². The van der Waals surface area contributed by atoms with E-state index in [1.54, 1.807) is 25.1 Å². The Morgan fingerprint density at radius 1 is 1.20 bits per heavy atom. The maximum atomic E-state index is 12.2. The van der Waals surface area contributed by atoms with Crippen LogP contribution in [0, 0.1) is 0 Å². The van der Waals surface area contributed by atoms with Gasteiger partial charge in [0.05, 0.1) is 12.3 Å². The van der Waals surface area contributed by atoms with Crippen LogP contribution in [0.5, 0.6) is 5.75 Å². The number of nitrogens with zero attached hydrogens (tertiary/aromatic N) is 1. The molecule has 5 heteroatoms. The van der Waals surface area contributed by atoms with Crippen LogP contribution in [0.4, 0.5) is 5.69 Å². The van der Waals surface area contributed by atoms with Gasteiger partial charge in [-0.2, -0.15) is 0 Å². The molecule has 1 aromatic heterocycles. The maximum absolute atomic E-state index is 12.2. The molecule has 0 unspecified atom stereocenters. The number of nitrogens with one attached hydrogen (secondary N) is 2. The van der Waals surface area contributed by atoms with Crippen LogP contribution in [0.3, 0.4) is 0 Å². The second-order valence-electron chi connectivity index (χ2n) is 6.05. The zero-order valence-corrected chi connectivity index (χ0v) is 14.8. The van der Waals surface area contributed by atoms with Gasteiger partial charge in [0.15, 0.2) is 0 Å². The summed E-state index contributed by atoms with van der Waals surface area (Å²) < 4.78 is 5.70. The normalized spacial score (nSPS) is 10.7. The fourth-order valence-electron chi connectivity index (χ4n) is 2.84. The maximum Gasteiger partial charge on any atom is 0.253 e. The fourth-order valence-corrected chi connectivity index (χ4v) is 2.84. The molecular weight excluding hydrogens is 314 g/mol. The Hall–Kier alpha value is -2.95. The number of fused-ring (bicyclic) bond motifs is 1. The van der Waals surface area contributed by atoms with Crippen LogP contribution in [-0.4, -0.2) is 36.5 Å². The van der Waals surface area contributed by atoms with Crippen molar-refractivity contribution < 1.29 is 9.53 Å². The number of carbonyl (C=O) groups excluding carboxylic acids is 1. The number of benzene rings is 2. The van der Waals surface area contributed by atoms with E-state index < -0.39 is 0 Å². The van der Waals surface area contributed by atoms with Crippen LogP contribution in [0.2, 0.25) is 0 Å². The molecule has 2 aromatic carbocycles. The average Bonchev–Trinajstić information content (AvgIpc) is 3.09. The Bertz CT molecular complexity index is 884. The molecule has 3 rings (SSSR count). The van der Waals surface area contributed by atoms with Crippen LogP contribution < -0.4 is 10.1 Å². The van der Waals surface area contributed by atoms with E-state index in [0.29, 0.717) is 18.7 Å². The number of aromatic amines is 1. The quantitative estimate of drug-likeness (QED) is 0.718. The van der Waals surface area contributed by atoms with Gasteiger partial charge in [0, 0.05) is 43.3 Å². The third-order valence-corrected chi connectivity index (χ3v) is 4.09. The minimum atomic E-state index is -0.0289. The van der Waals surface area contributed by atoms with Gasteiger partial charge in [0.25, 0.3) is 5.91 Å². The van der Waals surface area contributed by atoms with Crippen molar-refractivity contribution >= 4 is 22.5 Å². The molecule has 0 aliphatic heterocycles. The molecule has 5 nitrogen and oxygen atoms in total. The molecule has 0 saturated carbocycles. The number of carbonyl (C=O) groups is 1. The van der Waals surface area contributed by atoms with E-state index in [0.717, 1.165) is 17.0 Å². The molecule has 0 atom stereocenters. The Morgan fingerprint density at radius 2 is 2.04 bits per heavy atom. The van der Waals surface area contributed by atoms with Crippen molar-refractivity contribution in [3.8, 4) is 5.75 Å². The summed E-state index contributed by atoms with van der Waals surface area (Å²) in [6.45, 7) is 3.17. The van der Waals surface area contributed by atoms with Crippen molar-refractivity contribution in [1.29, 1.82) is 0 Å². The van der Waals surface area contributed by atoms with E-state index in [2.05, 4.69) is 28.5 Å². The first-order chi connectivity index (χ1) is 12.1. The highest BCUT2D eigenvalue weighted by Crippen LogP contribution is 2.28. The Balaban J connectivity index is 1.88. The Labute approximate surface area is 147 Å². The number of rotatable bonds is 6. The fraction of sp³-hybridized carbons (Fsp3) is 0.250. The molecule has 1 heterocycles. The molecule has 25 heavy (non-hydrogen) atoms. The SMILES string of the molecule is CCOc1ccc(C(=O)N(C)C)cc1NCc1cccc2[nH]ccc12. The van der Waals surface area contributed by atoms with Gasteiger partial charge in [0.2, 0.25) is 0 Å². The summed E-state index contributed by atoms with van der Waals surface area (Å²) in [7, 11) is 3.50. The summed E-state index contributed by atoms with van der Waals surface area (Å²) in [5.74, 6) is 0.720. The number of amides is 1. The van der Waals surface area contributed by atoms with E-state index >= 15 is 0 Å². The smallest absolute Gasteiger partial charge is 0.253 e. The molecular formula is C20H23N3O2. The Morgan fingerprint density at radius 3 is 2.80 bits per heavy atom. The molecule has 0 bridgehead atoms. The van der Waals surface area contributed by atoms with Crippen LogP contribution in [0.15, 0.2) is 48.7 Å². The van der Waals surface area contributed by atoms with E-state index in [1.165, 1.54) is 10.9 Å². The van der Waals surface area contributed by atoms with Gasteiger partial charge in [-0.1, -0.05) is 12.1 Å². The van der Waals surface area contributed by atoms with Crippen molar-refractivity contribution in [2.75, 3.05) is 26.0 Å². The number of aromatic nitrogens is 1. The molecule has 3 aromatic rings. The highest BCUT2D eigenvalue weighted by atomic mass is 16.5.